The fourth-order valence-corrected chi connectivity index (χ4v) is 0.991. The predicted octanol–water partition coefficient (Wildman–Crippen LogP) is 2.87. The molecule has 2 nitrogen and oxygen atoms in total. The van der Waals surface area contributed by atoms with Crippen LogP contribution >= 0.6 is 11.6 Å². The van der Waals surface area contributed by atoms with Gasteiger partial charge in [0.15, 0.2) is 11.5 Å². The molecule has 0 saturated carbocycles. The standard InChI is InChI=1S/C9H9ClO2/c1-3-12-8-5-4-7(10)6-9(8)11-2/h3-6H,1H2,2H3. The summed E-state index contributed by atoms with van der Waals surface area (Å²) in [5.41, 5.74) is 0. The molecule has 0 heterocycles. The number of hydrogen-bond donors (Lipinski definition) is 0. The largest absolute Gasteiger partial charge is 0.493 e. The van der Waals surface area contributed by atoms with Crippen LogP contribution in [0.3, 0.4) is 0 Å². The van der Waals surface area contributed by atoms with Crippen LogP contribution < -0.4 is 9.47 Å². The fraction of sp³-hybridized carbons (Fsp3) is 0.111. The zero-order valence-electron chi connectivity index (χ0n) is 6.71. The van der Waals surface area contributed by atoms with Gasteiger partial charge in [-0.05, 0) is 12.1 Å². The van der Waals surface area contributed by atoms with Gasteiger partial charge in [0.2, 0.25) is 0 Å². The maximum absolute atomic E-state index is 5.73. The Labute approximate surface area is 76.4 Å². The van der Waals surface area contributed by atoms with Crippen LogP contribution in [0.1, 0.15) is 0 Å². The second-order valence-corrected chi connectivity index (χ2v) is 2.52. The van der Waals surface area contributed by atoms with Gasteiger partial charge < -0.3 is 9.47 Å². The van der Waals surface area contributed by atoms with Crippen LogP contribution in [-0.4, -0.2) is 7.11 Å². The minimum atomic E-state index is 0.599. The van der Waals surface area contributed by atoms with Gasteiger partial charge in [-0.1, -0.05) is 18.2 Å². The highest BCUT2D eigenvalue weighted by atomic mass is 35.5. The molecule has 0 amide bonds. The molecule has 0 fully saturated rings. The quantitative estimate of drug-likeness (QED) is 0.673. The van der Waals surface area contributed by atoms with E-state index in [0.29, 0.717) is 16.5 Å². The summed E-state index contributed by atoms with van der Waals surface area (Å²) in [7, 11) is 1.56. The maximum Gasteiger partial charge on any atom is 0.168 e. The van der Waals surface area contributed by atoms with Crippen LogP contribution in [0.5, 0.6) is 11.5 Å². The van der Waals surface area contributed by atoms with Gasteiger partial charge in [-0.15, -0.1) is 0 Å². The lowest BCUT2D eigenvalue weighted by atomic mass is 10.3. The van der Waals surface area contributed by atoms with Gasteiger partial charge in [0, 0.05) is 11.1 Å². The molecule has 0 aromatic heterocycles. The monoisotopic (exact) mass is 184 g/mol. The van der Waals surface area contributed by atoms with Gasteiger partial charge in [0.25, 0.3) is 0 Å². The summed E-state index contributed by atoms with van der Waals surface area (Å²) in [4.78, 5) is 0. The minimum absolute atomic E-state index is 0.599. The molecule has 0 aliphatic carbocycles. The van der Waals surface area contributed by atoms with Crippen molar-refractivity contribution in [2.75, 3.05) is 7.11 Å². The first-order valence-corrected chi connectivity index (χ1v) is 3.77. The van der Waals surface area contributed by atoms with E-state index in [2.05, 4.69) is 6.58 Å². The molecule has 12 heavy (non-hydrogen) atoms. The van der Waals surface area contributed by atoms with E-state index in [1.807, 2.05) is 0 Å². The lowest BCUT2D eigenvalue weighted by Gasteiger charge is -2.06. The zero-order chi connectivity index (χ0) is 8.97. The molecule has 1 rings (SSSR count). The zero-order valence-corrected chi connectivity index (χ0v) is 7.47. The Kier molecular flexibility index (Phi) is 3.00. The Bertz CT molecular complexity index is 284. The summed E-state index contributed by atoms with van der Waals surface area (Å²) in [5.74, 6) is 1.21. The molecule has 0 aliphatic heterocycles. The van der Waals surface area contributed by atoms with Crippen LogP contribution in [0.15, 0.2) is 31.0 Å². The summed E-state index contributed by atoms with van der Waals surface area (Å²) in [6.45, 7) is 3.44. The van der Waals surface area contributed by atoms with Crippen LogP contribution in [0.25, 0.3) is 0 Å². The number of halogens is 1. The van der Waals surface area contributed by atoms with E-state index in [1.54, 1.807) is 25.3 Å². The number of ether oxygens (including phenoxy) is 2. The minimum Gasteiger partial charge on any atom is -0.493 e. The van der Waals surface area contributed by atoms with Crippen molar-refractivity contribution in [2.45, 2.75) is 0 Å². The molecule has 0 saturated heterocycles. The van der Waals surface area contributed by atoms with Crippen molar-refractivity contribution in [3.8, 4) is 11.5 Å². The summed E-state index contributed by atoms with van der Waals surface area (Å²) < 4.78 is 10.1. The van der Waals surface area contributed by atoms with Crippen molar-refractivity contribution in [1.82, 2.24) is 0 Å². The second-order valence-electron chi connectivity index (χ2n) is 2.08. The maximum atomic E-state index is 5.73. The van der Waals surface area contributed by atoms with Crippen LogP contribution in [0.4, 0.5) is 0 Å². The highest BCUT2D eigenvalue weighted by molar-refractivity contribution is 6.30. The van der Waals surface area contributed by atoms with Crippen molar-refractivity contribution in [3.05, 3.63) is 36.1 Å². The lowest BCUT2D eigenvalue weighted by Crippen LogP contribution is -1.88. The third kappa shape index (κ3) is 1.92. The molecule has 0 unspecified atom stereocenters. The molecule has 3 heteroatoms. The third-order valence-electron chi connectivity index (χ3n) is 1.34. The van der Waals surface area contributed by atoms with Crippen molar-refractivity contribution in [2.24, 2.45) is 0 Å². The second kappa shape index (κ2) is 4.02. The van der Waals surface area contributed by atoms with Crippen molar-refractivity contribution in [1.29, 1.82) is 0 Å². The highest BCUT2D eigenvalue weighted by Crippen LogP contribution is 2.29. The Morgan fingerprint density at radius 1 is 1.42 bits per heavy atom. The van der Waals surface area contributed by atoms with E-state index in [-0.39, 0.29) is 0 Å². The van der Waals surface area contributed by atoms with E-state index >= 15 is 0 Å². The van der Waals surface area contributed by atoms with E-state index in [4.69, 9.17) is 21.1 Å². The smallest absolute Gasteiger partial charge is 0.168 e. The molecule has 0 N–H and O–H groups in total. The molecular formula is C9H9ClO2. The molecule has 1 aromatic rings. The molecule has 0 spiro atoms. The molecule has 0 bridgehead atoms. The first kappa shape index (κ1) is 8.94. The van der Waals surface area contributed by atoms with Gasteiger partial charge >= 0.3 is 0 Å². The molecule has 0 radical (unpaired) electrons. The Hall–Kier alpha value is -1.15. The normalized spacial score (nSPS) is 9.17. The summed E-state index contributed by atoms with van der Waals surface area (Å²) in [6, 6.07) is 5.13. The van der Waals surface area contributed by atoms with Crippen LogP contribution in [0, 0.1) is 0 Å². The van der Waals surface area contributed by atoms with Crippen molar-refractivity contribution < 1.29 is 9.47 Å². The molecule has 64 valence electrons. The Balaban J connectivity index is 3.01. The molecule has 0 aliphatic rings. The molecule has 0 atom stereocenters. The van der Waals surface area contributed by atoms with Crippen molar-refractivity contribution in [3.63, 3.8) is 0 Å². The van der Waals surface area contributed by atoms with Crippen LogP contribution in [-0.2, 0) is 0 Å². The van der Waals surface area contributed by atoms with Gasteiger partial charge in [-0.3, -0.25) is 0 Å². The third-order valence-corrected chi connectivity index (χ3v) is 1.57. The average Bonchev–Trinajstić information content (AvgIpc) is 2.08. The van der Waals surface area contributed by atoms with Gasteiger partial charge in [0.05, 0.1) is 13.4 Å². The van der Waals surface area contributed by atoms with Crippen LogP contribution in [0.2, 0.25) is 5.02 Å². The number of benzene rings is 1. The van der Waals surface area contributed by atoms with Gasteiger partial charge in [-0.25, -0.2) is 0 Å². The lowest BCUT2D eigenvalue weighted by molar-refractivity contribution is 0.378. The first-order chi connectivity index (χ1) is 5.77. The summed E-state index contributed by atoms with van der Waals surface area (Å²) in [6.07, 6.45) is 1.34. The Morgan fingerprint density at radius 3 is 2.75 bits per heavy atom. The van der Waals surface area contributed by atoms with E-state index in [1.165, 1.54) is 6.26 Å². The summed E-state index contributed by atoms with van der Waals surface area (Å²) >= 11 is 5.73. The topological polar surface area (TPSA) is 18.5 Å². The SMILES string of the molecule is C=COc1ccc(Cl)cc1OC. The van der Waals surface area contributed by atoms with E-state index < -0.39 is 0 Å². The number of hydrogen-bond acceptors (Lipinski definition) is 2. The van der Waals surface area contributed by atoms with E-state index in [0.717, 1.165) is 0 Å². The van der Waals surface area contributed by atoms with E-state index in [9.17, 15) is 0 Å². The van der Waals surface area contributed by atoms with Gasteiger partial charge in [0.1, 0.15) is 0 Å². The number of rotatable bonds is 3. The summed E-state index contributed by atoms with van der Waals surface area (Å²) in [5, 5.41) is 0.614. The highest BCUT2D eigenvalue weighted by Gasteiger charge is 2.02. The van der Waals surface area contributed by atoms with Crippen molar-refractivity contribution >= 4 is 11.6 Å². The molecule has 1 aromatic carbocycles. The molecular weight excluding hydrogens is 176 g/mol. The van der Waals surface area contributed by atoms with Gasteiger partial charge in [-0.2, -0.15) is 0 Å². The predicted molar refractivity (Wildman–Crippen MR) is 48.8 cm³/mol. The average molecular weight is 185 g/mol. The fourth-order valence-electron chi connectivity index (χ4n) is 0.829. The number of methoxy groups -OCH3 is 1. The first-order valence-electron chi connectivity index (χ1n) is 3.39. The Morgan fingerprint density at radius 2 is 2.17 bits per heavy atom.